The molecule has 1 aromatic carbocycles. The van der Waals surface area contributed by atoms with Gasteiger partial charge in [-0.2, -0.15) is 0 Å². The molecular weight excluding hydrogens is 220 g/mol. The number of nitrogens with one attached hydrogen (secondary N) is 2. The minimum Gasteiger partial charge on any atom is -0.333 e. The first kappa shape index (κ1) is 11.6. The van der Waals surface area contributed by atoms with Crippen LogP contribution < -0.4 is 10.6 Å². The van der Waals surface area contributed by atoms with E-state index in [1.54, 1.807) is 31.2 Å². The number of anilines is 1. The lowest BCUT2D eigenvalue weighted by molar-refractivity contribution is -0.141. The van der Waals surface area contributed by atoms with E-state index in [0.717, 1.165) is 0 Å². The zero-order valence-electron chi connectivity index (χ0n) is 9.74. The Bertz CT molecular complexity index is 473. The minimum absolute atomic E-state index is 0.290. The molecule has 0 aromatic heterocycles. The maximum atomic E-state index is 11.9. The van der Waals surface area contributed by atoms with Gasteiger partial charge in [0.2, 0.25) is 5.78 Å². The summed E-state index contributed by atoms with van der Waals surface area (Å²) in [5, 5.41) is 5.50. The summed E-state index contributed by atoms with van der Waals surface area (Å²) in [4.78, 5) is 23.6. The van der Waals surface area contributed by atoms with Gasteiger partial charge in [-0.25, -0.2) is 0 Å². The smallest absolute Gasteiger partial charge is 0.281 e. The second-order valence-corrected chi connectivity index (χ2v) is 3.80. The van der Waals surface area contributed by atoms with Crippen LogP contribution in [0.3, 0.4) is 0 Å². The highest BCUT2D eigenvalue weighted by molar-refractivity contribution is 6.06. The third-order valence-electron chi connectivity index (χ3n) is 2.63. The summed E-state index contributed by atoms with van der Waals surface area (Å²) in [6.45, 7) is 3.45. The number of hydrogen-bond acceptors (Lipinski definition) is 4. The van der Waals surface area contributed by atoms with E-state index in [-0.39, 0.29) is 11.7 Å². The third kappa shape index (κ3) is 1.89. The molecule has 17 heavy (non-hydrogen) atoms. The third-order valence-corrected chi connectivity index (χ3v) is 2.63. The van der Waals surface area contributed by atoms with Gasteiger partial charge in [0.1, 0.15) is 0 Å². The van der Waals surface area contributed by atoms with Gasteiger partial charge in [-0.3, -0.25) is 9.59 Å². The van der Waals surface area contributed by atoms with Crippen molar-refractivity contribution in [2.24, 2.45) is 0 Å². The number of amides is 1. The molecule has 0 bridgehead atoms. The van der Waals surface area contributed by atoms with E-state index in [2.05, 4.69) is 10.6 Å². The number of hydrogen-bond donors (Lipinski definition) is 2. The number of carbonyl (C=O) groups is 2. The fraction of sp³-hybridized carbons (Fsp3) is 0.333. The number of para-hydroxylation sites is 1. The summed E-state index contributed by atoms with van der Waals surface area (Å²) in [6, 6.07) is 6.99. The van der Waals surface area contributed by atoms with Crippen molar-refractivity contribution in [1.82, 2.24) is 5.32 Å². The first-order valence-corrected chi connectivity index (χ1v) is 5.44. The zero-order valence-corrected chi connectivity index (χ0v) is 9.74. The van der Waals surface area contributed by atoms with Crippen LogP contribution in [0.5, 0.6) is 0 Å². The highest BCUT2D eigenvalue weighted by atomic mass is 16.5. The van der Waals surface area contributed by atoms with E-state index >= 15 is 0 Å². The van der Waals surface area contributed by atoms with Crippen LogP contribution >= 0.6 is 0 Å². The molecule has 5 heteroatoms. The van der Waals surface area contributed by atoms with E-state index in [4.69, 9.17) is 4.74 Å². The average Bonchev–Trinajstić information content (AvgIpc) is 2.29. The van der Waals surface area contributed by atoms with E-state index in [1.807, 2.05) is 0 Å². The van der Waals surface area contributed by atoms with Crippen molar-refractivity contribution in [3.8, 4) is 0 Å². The fourth-order valence-corrected chi connectivity index (χ4v) is 1.80. The Balaban J connectivity index is 2.43. The van der Waals surface area contributed by atoms with Crippen molar-refractivity contribution in [2.45, 2.75) is 19.7 Å². The van der Waals surface area contributed by atoms with Gasteiger partial charge in [0.25, 0.3) is 11.8 Å². The molecule has 1 aliphatic heterocycles. The van der Waals surface area contributed by atoms with Gasteiger partial charge < -0.3 is 15.4 Å². The number of benzene rings is 1. The summed E-state index contributed by atoms with van der Waals surface area (Å²) < 4.78 is 5.37. The molecule has 1 heterocycles. The average molecular weight is 234 g/mol. The Morgan fingerprint density at radius 1 is 1.35 bits per heavy atom. The van der Waals surface area contributed by atoms with Crippen molar-refractivity contribution in [3.63, 3.8) is 0 Å². The molecule has 90 valence electrons. The molecule has 1 atom stereocenters. The molecule has 1 unspecified atom stereocenters. The second kappa shape index (κ2) is 4.18. The first-order valence-electron chi connectivity index (χ1n) is 5.44. The van der Waals surface area contributed by atoms with Crippen molar-refractivity contribution in [1.29, 1.82) is 0 Å². The predicted octanol–water partition coefficient (Wildman–Crippen LogP) is 1.12. The maximum absolute atomic E-state index is 11.9. The standard InChI is InChI=1S/C12H14N2O3/c1-3-17-12(8(2)15)13-10-7-5-4-6-9(10)11(16)14-12/h4-7,13H,3H2,1-2H3,(H,14,16). The monoisotopic (exact) mass is 234 g/mol. The summed E-state index contributed by atoms with van der Waals surface area (Å²) in [6.07, 6.45) is 0. The number of carbonyl (C=O) groups excluding carboxylic acids is 2. The van der Waals surface area contributed by atoms with E-state index in [1.165, 1.54) is 6.92 Å². The molecule has 0 fully saturated rings. The molecule has 1 aromatic rings. The van der Waals surface area contributed by atoms with Gasteiger partial charge in [0.15, 0.2) is 0 Å². The Hall–Kier alpha value is -1.88. The number of ketones is 1. The largest absolute Gasteiger partial charge is 0.333 e. The van der Waals surface area contributed by atoms with Crippen LogP contribution in [-0.4, -0.2) is 24.1 Å². The highest BCUT2D eigenvalue weighted by Gasteiger charge is 2.42. The van der Waals surface area contributed by atoms with Crippen LogP contribution in [0.25, 0.3) is 0 Å². The van der Waals surface area contributed by atoms with Crippen LogP contribution in [-0.2, 0) is 9.53 Å². The van der Waals surface area contributed by atoms with Crippen LogP contribution in [0.4, 0.5) is 5.69 Å². The minimum atomic E-state index is -1.44. The molecule has 0 spiro atoms. The Kier molecular flexibility index (Phi) is 2.85. The van der Waals surface area contributed by atoms with Gasteiger partial charge >= 0.3 is 0 Å². The second-order valence-electron chi connectivity index (χ2n) is 3.80. The molecule has 0 saturated heterocycles. The summed E-state index contributed by atoms with van der Waals surface area (Å²) in [5.74, 6) is -2.05. The Morgan fingerprint density at radius 2 is 2.06 bits per heavy atom. The van der Waals surface area contributed by atoms with Gasteiger partial charge in [0, 0.05) is 13.5 Å². The van der Waals surface area contributed by atoms with Crippen molar-refractivity contribution < 1.29 is 14.3 Å². The zero-order chi connectivity index (χ0) is 12.5. The molecule has 2 N–H and O–H groups in total. The maximum Gasteiger partial charge on any atom is 0.281 e. The molecule has 0 saturated carbocycles. The van der Waals surface area contributed by atoms with Gasteiger partial charge in [0.05, 0.1) is 11.3 Å². The summed E-state index contributed by atoms with van der Waals surface area (Å²) >= 11 is 0. The van der Waals surface area contributed by atoms with Crippen LogP contribution in [0.15, 0.2) is 24.3 Å². The van der Waals surface area contributed by atoms with Crippen molar-refractivity contribution >= 4 is 17.4 Å². The van der Waals surface area contributed by atoms with Crippen LogP contribution in [0.2, 0.25) is 0 Å². The number of rotatable bonds is 3. The highest BCUT2D eigenvalue weighted by Crippen LogP contribution is 2.25. The summed E-state index contributed by atoms with van der Waals surface area (Å²) in [7, 11) is 0. The lowest BCUT2D eigenvalue weighted by atomic mass is 10.1. The molecule has 0 radical (unpaired) electrons. The lowest BCUT2D eigenvalue weighted by Crippen LogP contribution is -2.63. The molecule has 1 aliphatic rings. The number of fused-ring (bicyclic) bond motifs is 1. The van der Waals surface area contributed by atoms with E-state index < -0.39 is 5.85 Å². The molecule has 1 amide bonds. The fourth-order valence-electron chi connectivity index (χ4n) is 1.80. The molecular formula is C12H14N2O3. The first-order chi connectivity index (χ1) is 8.09. The Morgan fingerprint density at radius 3 is 2.71 bits per heavy atom. The van der Waals surface area contributed by atoms with Crippen molar-refractivity contribution in [3.05, 3.63) is 29.8 Å². The van der Waals surface area contributed by atoms with E-state index in [0.29, 0.717) is 17.9 Å². The van der Waals surface area contributed by atoms with E-state index in [9.17, 15) is 9.59 Å². The van der Waals surface area contributed by atoms with Gasteiger partial charge in [-0.1, -0.05) is 12.1 Å². The van der Waals surface area contributed by atoms with Crippen LogP contribution in [0, 0.1) is 0 Å². The lowest BCUT2D eigenvalue weighted by Gasteiger charge is -2.37. The SMILES string of the molecule is CCOC1(C(C)=O)NC(=O)c2ccccc2N1. The number of Topliss-reactive ketones (excluding diaryl/α,β-unsaturated/α-hetero) is 1. The quantitative estimate of drug-likeness (QED) is 0.822. The van der Waals surface area contributed by atoms with Gasteiger partial charge in [-0.15, -0.1) is 0 Å². The normalized spacial score (nSPS) is 22.4. The molecule has 2 rings (SSSR count). The number of ether oxygens (including phenoxy) is 1. The van der Waals surface area contributed by atoms with Crippen molar-refractivity contribution in [2.75, 3.05) is 11.9 Å². The van der Waals surface area contributed by atoms with Gasteiger partial charge in [-0.05, 0) is 19.1 Å². The summed E-state index contributed by atoms with van der Waals surface area (Å²) in [5.41, 5.74) is 1.10. The van der Waals surface area contributed by atoms with Crippen LogP contribution in [0.1, 0.15) is 24.2 Å². The molecule has 0 aliphatic carbocycles. The molecule has 5 nitrogen and oxygen atoms in total. The predicted molar refractivity (Wildman–Crippen MR) is 62.6 cm³/mol. The topological polar surface area (TPSA) is 67.4 Å². The Labute approximate surface area is 99.2 Å².